The number of carbonyl (C=O) groups excluding carboxylic acids is 1. The summed E-state index contributed by atoms with van der Waals surface area (Å²) in [6, 6.07) is 4.14. The molecular formula is C16H22N2O2S. The Bertz CT molecular complexity index is 522. The van der Waals surface area contributed by atoms with Gasteiger partial charge in [0.05, 0.1) is 4.88 Å². The van der Waals surface area contributed by atoms with Crippen molar-refractivity contribution < 1.29 is 9.90 Å². The minimum Gasteiger partial charge on any atom is -0.384 e. The lowest BCUT2D eigenvalue weighted by atomic mass is 9.97. The van der Waals surface area contributed by atoms with E-state index >= 15 is 0 Å². The van der Waals surface area contributed by atoms with Crippen LogP contribution >= 0.6 is 11.3 Å². The van der Waals surface area contributed by atoms with E-state index in [2.05, 4.69) is 28.1 Å². The number of thiophene rings is 1. The van der Waals surface area contributed by atoms with E-state index in [-0.39, 0.29) is 12.5 Å². The Labute approximate surface area is 130 Å². The fourth-order valence-electron chi connectivity index (χ4n) is 2.51. The largest absolute Gasteiger partial charge is 0.384 e. The number of piperidine rings is 1. The van der Waals surface area contributed by atoms with E-state index in [0.29, 0.717) is 5.92 Å². The Morgan fingerprint density at radius 3 is 2.90 bits per heavy atom. The van der Waals surface area contributed by atoms with Crippen LogP contribution in [0.2, 0.25) is 0 Å². The molecular weight excluding hydrogens is 284 g/mol. The van der Waals surface area contributed by atoms with Crippen LogP contribution in [0.25, 0.3) is 0 Å². The summed E-state index contributed by atoms with van der Waals surface area (Å²) in [6.07, 6.45) is 2.28. The number of carbonyl (C=O) groups is 1. The number of nitrogens with zero attached hydrogens (tertiary/aromatic N) is 1. The average molecular weight is 306 g/mol. The lowest BCUT2D eigenvalue weighted by Gasteiger charge is -2.31. The van der Waals surface area contributed by atoms with Gasteiger partial charge in [0.1, 0.15) is 6.61 Å². The van der Waals surface area contributed by atoms with Gasteiger partial charge < -0.3 is 10.4 Å². The van der Waals surface area contributed by atoms with Crippen molar-refractivity contribution in [1.29, 1.82) is 0 Å². The maximum absolute atomic E-state index is 10.9. The molecule has 1 saturated heterocycles. The van der Waals surface area contributed by atoms with Crippen molar-refractivity contribution in [3.63, 3.8) is 0 Å². The zero-order chi connectivity index (χ0) is 15.1. The summed E-state index contributed by atoms with van der Waals surface area (Å²) in [5.41, 5.74) is 0. The smallest absolute Gasteiger partial charge is 0.216 e. The topological polar surface area (TPSA) is 52.6 Å². The van der Waals surface area contributed by atoms with Crippen molar-refractivity contribution in [1.82, 2.24) is 10.2 Å². The Kier molecular flexibility index (Phi) is 6.24. The highest BCUT2D eigenvalue weighted by atomic mass is 32.1. The normalized spacial score (nSPS) is 16.3. The molecule has 114 valence electrons. The number of nitrogens with one attached hydrogen (secondary N) is 1. The molecule has 0 saturated carbocycles. The van der Waals surface area contributed by atoms with Crippen LogP contribution in [-0.2, 0) is 11.3 Å². The van der Waals surface area contributed by atoms with E-state index in [4.69, 9.17) is 5.11 Å². The molecule has 1 aliphatic rings. The number of hydrogen-bond donors (Lipinski definition) is 2. The van der Waals surface area contributed by atoms with Gasteiger partial charge in [0, 0.05) is 24.9 Å². The summed E-state index contributed by atoms with van der Waals surface area (Å²) in [5, 5.41) is 11.6. The standard InChI is InChI=1S/C16H22N2O2S/c1-13(20)17-11-14-6-8-18(9-7-14)12-16-5-4-15(21-16)3-2-10-19/h4-5,14,19H,6-12H2,1H3,(H,17,20). The maximum atomic E-state index is 10.9. The molecule has 0 radical (unpaired) electrons. The van der Waals surface area contributed by atoms with Crippen molar-refractivity contribution in [2.75, 3.05) is 26.2 Å². The van der Waals surface area contributed by atoms with Crippen molar-refractivity contribution in [3.05, 3.63) is 21.9 Å². The summed E-state index contributed by atoms with van der Waals surface area (Å²) in [6.45, 7) is 5.43. The fourth-order valence-corrected chi connectivity index (χ4v) is 3.44. The molecule has 1 amide bonds. The zero-order valence-corrected chi connectivity index (χ0v) is 13.2. The van der Waals surface area contributed by atoms with E-state index in [9.17, 15) is 4.79 Å². The third kappa shape index (κ3) is 5.50. The third-order valence-corrected chi connectivity index (χ3v) is 4.66. The number of hydrogen-bond acceptors (Lipinski definition) is 4. The van der Waals surface area contributed by atoms with Gasteiger partial charge in [0.25, 0.3) is 0 Å². The van der Waals surface area contributed by atoms with E-state index < -0.39 is 0 Å². The summed E-state index contributed by atoms with van der Waals surface area (Å²) in [5.74, 6) is 6.30. The number of likely N-dealkylation sites (tertiary alicyclic amines) is 1. The number of aliphatic hydroxyl groups is 1. The molecule has 0 aromatic carbocycles. The minimum atomic E-state index is -0.0882. The van der Waals surface area contributed by atoms with Crippen molar-refractivity contribution >= 4 is 17.2 Å². The van der Waals surface area contributed by atoms with Crippen LogP contribution < -0.4 is 5.32 Å². The van der Waals surface area contributed by atoms with Crippen molar-refractivity contribution in [2.24, 2.45) is 5.92 Å². The molecule has 0 unspecified atom stereocenters. The van der Waals surface area contributed by atoms with Gasteiger partial charge in [0.15, 0.2) is 0 Å². The van der Waals surface area contributed by atoms with Crippen LogP contribution in [-0.4, -0.2) is 42.2 Å². The highest BCUT2D eigenvalue weighted by Crippen LogP contribution is 2.22. The lowest BCUT2D eigenvalue weighted by molar-refractivity contribution is -0.119. The Morgan fingerprint density at radius 1 is 1.48 bits per heavy atom. The molecule has 1 fully saturated rings. The van der Waals surface area contributed by atoms with Gasteiger partial charge in [-0.1, -0.05) is 11.8 Å². The summed E-state index contributed by atoms with van der Waals surface area (Å²) >= 11 is 1.70. The number of amides is 1. The second-order valence-corrected chi connectivity index (χ2v) is 6.55. The molecule has 4 nitrogen and oxygen atoms in total. The monoisotopic (exact) mass is 306 g/mol. The van der Waals surface area contributed by atoms with Crippen LogP contribution in [0.5, 0.6) is 0 Å². The van der Waals surface area contributed by atoms with Gasteiger partial charge in [-0.25, -0.2) is 0 Å². The molecule has 0 bridgehead atoms. The van der Waals surface area contributed by atoms with E-state index in [1.54, 1.807) is 18.3 Å². The minimum absolute atomic E-state index is 0.0625. The third-order valence-electron chi connectivity index (χ3n) is 3.68. The van der Waals surface area contributed by atoms with Gasteiger partial charge in [0.2, 0.25) is 5.91 Å². The van der Waals surface area contributed by atoms with Gasteiger partial charge >= 0.3 is 0 Å². The van der Waals surface area contributed by atoms with E-state index in [1.807, 2.05) is 6.07 Å². The highest BCUT2D eigenvalue weighted by Gasteiger charge is 2.19. The van der Waals surface area contributed by atoms with Gasteiger partial charge in [-0.15, -0.1) is 11.3 Å². The van der Waals surface area contributed by atoms with E-state index in [0.717, 1.165) is 43.9 Å². The predicted octanol–water partition coefficient (Wildman–Crippen LogP) is 1.44. The Morgan fingerprint density at radius 2 is 2.24 bits per heavy atom. The molecule has 1 aromatic rings. The number of aliphatic hydroxyl groups excluding tert-OH is 1. The molecule has 2 N–H and O–H groups in total. The van der Waals surface area contributed by atoms with Crippen LogP contribution in [0.15, 0.2) is 12.1 Å². The average Bonchev–Trinajstić information content (AvgIpc) is 2.92. The summed E-state index contributed by atoms with van der Waals surface area (Å²) in [7, 11) is 0. The van der Waals surface area contributed by atoms with Crippen molar-refractivity contribution in [2.45, 2.75) is 26.3 Å². The van der Waals surface area contributed by atoms with Crippen molar-refractivity contribution in [3.8, 4) is 11.8 Å². The zero-order valence-electron chi connectivity index (χ0n) is 12.4. The first-order valence-corrected chi connectivity index (χ1v) is 8.14. The second kappa shape index (κ2) is 8.18. The fraction of sp³-hybridized carbons (Fsp3) is 0.562. The molecule has 2 heterocycles. The van der Waals surface area contributed by atoms with Gasteiger partial charge in [-0.3, -0.25) is 9.69 Å². The maximum Gasteiger partial charge on any atom is 0.216 e. The first-order valence-electron chi connectivity index (χ1n) is 7.32. The van der Waals surface area contributed by atoms with Gasteiger partial charge in [-0.2, -0.15) is 0 Å². The molecule has 0 atom stereocenters. The van der Waals surface area contributed by atoms with E-state index in [1.165, 1.54) is 4.88 Å². The SMILES string of the molecule is CC(=O)NCC1CCN(Cc2ccc(C#CCO)s2)CC1. The molecule has 2 rings (SSSR count). The van der Waals surface area contributed by atoms with Crippen LogP contribution in [0, 0.1) is 17.8 Å². The van der Waals surface area contributed by atoms with Crippen LogP contribution in [0.1, 0.15) is 29.5 Å². The van der Waals surface area contributed by atoms with Crippen LogP contribution in [0.3, 0.4) is 0 Å². The molecule has 0 spiro atoms. The second-order valence-electron chi connectivity index (χ2n) is 5.38. The number of rotatable bonds is 4. The molecule has 1 aliphatic heterocycles. The molecule has 1 aromatic heterocycles. The first kappa shape index (κ1) is 16.0. The molecule has 0 aliphatic carbocycles. The molecule has 21 heavy (non-hydrogen) atoms. The summed E-state index contributed by atoms with van der Waals surface area (Å²) in [4.78, 5) is 15.7. The van der Waals surface area contributed by atoms with Gasteiger partial charge in [-0.05, 0) is 44.0 Å². The molecule has 5 heteroatoms. The Balaban J connectivity index is 1.75. The summed E-state index contributed by atoms with van der Waals surface area (Å²) < 4.78 is 0. The lowest BCUT2D eigenvalue weighted by Crippen LogP contribution is -2.37. The van der Waals surface area contributed by atoms with Crippen LogP contribution in [0.4, 0.5) is 0 Å². The Hall–Kier alpha value is -1.35. The first-order chi connectivity index (χ1) is 10.2. The predicted molar refractivity (Wildman–Crippen MR) is 85.0 cm³/mol. The quantitative estimate of drug-likeness (QED) is 0.828. The highest BCUT2D eigenvalue weighted by molar-refractivity contribution is 7.12.